The molecule has 24 heavy (non-hydrogen) atoms. The molecular weight excluding hydrogens is 356 g/mol. The van der Waals surface area contributed by atoms with Crippen molar-refractivity contribution in [3.05, 3.63) is 23.8 Å². The predicted octanol–water partition coefficient (Wildman–Crippen LogP) is 1.36. The van der Waals surface area contributed by atoms with Crippen molar-refractivity contribution in [3.8, 4) is 0 Å². The second kappa shape index (κ2) is 7.96. The first-order valence-electron chi connectivity index (χ1n) is 7.20. The molecule has 1 aromatic rings. The van der Waals surface area contributed by atoms with Gasteiger partial charge in [0, 0.05) is 23.9 Å². The van der Waals surface area contributed by atoms with E-state index in [1.807, 2.05) is 0 Å². The zero-order chi connectivity index (χ0) is 17.2. The number of rotatable bonds is 4. The van der Waals surface area contributed by atoms with E-state index in [1.165, 1.54) is 25.3 Å². The van der Waals surface area contributed by atoms with E-state index in [0.29, 0.717) is 12.8 Å². The van der Waals surface area contributed by atoms with Crippen LogP contribution < -0.4 is 11.1 Å². The van der Waals surface area contributed by atoms with Crippen LogP contribution >= 0.6 is 12.4 Å². The maximum Gasteiger partial charge on any atom is 0.337 e. The van der Waals surface area contributed by atoms with Gasteiger partial charge in [0.1, 0.15) is 0 Å². The van der Waals surface area contributed by atoms with E-state index < -0.39 is 15.8 Å². The van der Waals surface area contributed by atoms with Crippen LogP contribution in [0.3, 0.4) is 0 Å². The molecular formula is C15H21ClN2O5S. The minimum atomic E-state index is -3.53. The number of nitrogens with one attached hydrogen (secondary N) is 1. The number of ether oxygens (including phenoxy) is 1. The fraction of sp³-hybridized carbons (Fsp3) is 0.467. The zero-order valence-corrected chi connectivity index (χ0v) is 15.1. The molecule has 0 aromatic heterocycles. The first kappa shape index (κ1) is 20.4. The Morgan fingerprint density at radius 1 is 1.25 bits per heavy atom. The number of carbonyl (C=O) groups excluding carboxylic acids is 2. The van der Waals surface area contributed by atoms with Gasteiger partial charge in [-0.3, -0.25) is 4.79 Å². The summed E-state index contributed by atoms with van der Waals surface area (Å²) in [5.41, 5.74) is 6.11. The first-order chi connectivity index (χ1) is 10.7. The molecule has 9 heteroatoms. The van der Waals surface area contributed by atoms with Crippen LogP contribution in [-0.2, 0) is 19.4 Å². The molecule has 1 aromatic carbocycles. The Morgan fingerprint density at radius 2 is 1.92 bits per heavy atom. The first-order valence-corrected chi connectivity index (χ1v) is 9.09. The maximum atomic E-state index is 12.2. The third-order valence-corrected chi connectivity index (χ3v) is 4.96. The van der Waals surface area contributed by atoms with Gasteiger partial charge >= 0.3 is 5.97 Å². The van der Waals surface area contributed by atoms with E-state index in [2.05, 4.69) is 10.1 Å². The molecule has 1 saturated carbocycles. The summed E-state index contributed by atoms with van der Waals surface area (Å²) in [5, 5.41) is 2.67. The summed E-state index contributed by atoms with van der Waals surface area (Å²) in [6, 6.07) is 3.96. The number of halogens is 1. The average Bonchev–Trinajstić information content (AvgIpc) is 2.92. The molecule has 1 fully saturated rings. The van der Waals surface area contributed by atoms with Crippen LogP contribution in [0.5, 0.6) is 0 Å². The molecule has 0 bridgehead atoms. The highest BCUT2D eigenvalue weighted by atomic mass is 35.5. The number of benzene rings is 1. The number of hydrogen-bond donors (Lipinski definition) is 2. The van der Waals surface area contributed by atoms with Crippen molar-refractivity contribution in [2.45, 2.75) is 30.2 Å². The molecule has 0 spiro atoms. The number of anilines is 1. The molecule has 2 atom stereocenters. The lowest BCUT2D eigenvalue weighted by molar-refractivity contribution is -0.119. The van der Waals surface area contributed by atoms with E-state index in [-0.39, 0.29) is 46.4 Å². The molecule has 2 rings (SSSR count). The van der Waals surface area contributed by atoms with Gasteiger partial charge in [-0.05, 0) is 37.5 Å². The molecule has 134 valence electrons. The largest absolute Gasteiger partial charge is 0.465 e. The van der Waals surface area contributed by atoms with E-state index in [0.717, 1.165) is 12.7 Å². The summed E-state index contributed by atoms with van der Waals surface area (Å²) in [5.74, 6) is -1.10. The highest BCUT2D eigenvalue weighted by molar-refractivity contribution is 7.90. The quantitative estimate of drug-likeness (QED) is 0.766. The third kappa shape index (κ3) is 4.93. The number of amides is 1. The molecule has 0 heterocycles. The topological polar surface area (TPSA) is 116 Å². The molecule has 0 radical (unpaired) electrons. The van der Waals surface area contributed by atoms with Crippen molar-refractivity contribution in [2.24, 2.45) is 11.7 Å². The molecule has 0 aliphatic heterocycles. The molecule has 3 N–H and O–H groups in total. The van der Waals surface area contributed by atoms with Crippen molar-refractivity contribution >= 4 is 39.8 Å². The van der Waals surface area contributed by atoms with E-state index in [4.69, 9.17) is 5.73 Å². The summed E-state index contributed by atoms with van der Waals surface area (Å²) in [6.45, 7) is 0. The molecule has 2 unspecified atom stereocenters. The lowest BCUT2D eigenvalue weighted by Crippen LogP contribution is -2.23. The van der Waals surface area contributed by atoms with Crippen LogP contribution in [0.1, 0.15) is 29.6 Å². The van der Waals surface area contributed by atoms with Gasteiger partial charge in [-0.15, -0.1) is 12.4 Å². The maximum absolute atomic E-state index is 12.2. The number of esters is 1. The summed E-state index contributed by atoms with van der Waals surface area (Å²) in [7, 11) is -2.33. The fourth-order valence-corrected chi connectivity index (χ4v) is 3.30. The van der Waals surface area contributed by atoms with Crippen LogP contribution in [0.25, 0.3) is 0 Å². The van der Waals surface area contributed by atoms with Gasteiger partial charge in [-0.2, -0.15) is 0 Å². The van der Waals surface area contributed by atoms with Gasteiger partial charge in [0.2, 0.25) is 5.91 Å². The van der Waals surface area contributed by atoms with Crippen molar-refractivity contribution in [1.29, 1.82) is 0 Å². The molecule has 0 saturated heterocycles. The Balaban J connectivity index is 0.00000288. The van der Waals surface area contributed by atoms with Crippen LogP contribution in [0.4, 0.5) is 5.69 Å². The van der Waals surface area contributed by atoms with E-state index >= 15 is 0 Å². The van der Waals surface area contributed by atoms with Gasteiger partial charge in [-0.25, -0.2) is 13.2 Å². The van der Waals surface area contributed by atoms with E-state index in [1.54, 1.807) is 0 Å². The normalized spacial score (nSPS) is 20.1. The number of carbonyl (C=O) groups is 2. The fourth-order valence-electron chi connectivity index (χ4n) is 2.62. The number of hydrogen-bond acceptors (Lipinski definition) is 6. The van der Waals surface area contributed by atoms with Crippen LogP contribution in [-0.4, -0.2) is 39.7 Å². The van der Waals surface area contributed by atoms with Gasteiger partial charge in [0.15, 0.2) is 9.84 Å². The Hall–Kier alpha value is -1.64. The predicted molar refractivity (Wildman–Crippen MR) is 92.1 cm³/mol. The van der Waals surface area contributed by atoms with Gasteiger partial charge in [0.05, 0.1) is 17.6 Å². The molecule has 1 aliphatic rings. The minimum absolute atomic E-state index is 0. The van der Waals surface area contributed by atoms with Crippen LogP contribution in [0, 0.1) is 5.92 Å². The van der Waals surface area contributed by atoms with Crippen LogP contribution in [0.15, 0.2) is 23.1 Å². The highest BCUT2D eigenvalue weighted by Gasteiger charge is 2.28. The SMILES string of the molecule is COC(=O)c1cc(NC(=O)C2CCC(N)C2)cc(S(C)(=O)=O)c1.Cl. The van der Waals surface area contributed by atoms with Gasteiger partial charge < -0.3 is 15.8 Å². The van der Waals surface area contributed by atoms with Crippen molar-refractivity contribution < 1.29 is 22.7 Å². The monoisotopic (exact) mass is 376 g/mol. The number of methoxy groups -OCH3 is 1. The summed E-state index contributed by atoms with van der Waals surface area (Å²) >= 11 is 0. The summed E-state index contributed by atoms with van der Waals surface area (Å²) in [4.78, 5) is 23.9. The highest BCUT2D eigenvalue weighted by Crippen LogP contribution is 2.26. The summed E-state index contributed by atoms with van der Waals surface area (Å²) < 4.78 is 28.1. The lowest BCUT2D eigenvalue weighted by atomic mass is 10.1. The smallest absolute Gasteiger partial charge is 0.337 e. The lowest BCUT2D eigenvalue weighted by Gasteiger charge is -2.13. The number of sulfone groups is 1. The van der Waals surface area contributed by atoms with Crippen molar-refractivity contribution in [1.82, 2.24) is 0 Å². The second-order valence-electron chi connectivity index (χ2n) is 5.77. The molecule has 1 amide bonds. The van der Waals surface area contributed by atoms with Crippen molar-refractivity contribution in [3.63, 3.8) is 0 Å². The Morgan fingerprint density at radius 3 is 2.42 bits per heavy atom. The van der Waals surface area contributed by atoms with Gasteiger partial charge in [-0.1, -0.05) is 0 Å². The third-order valence-electron chi connectivity index (χ3n) is 3.87. The average molecular weight is 377 g/mol. The standard InChI is InChI=1S/C15H20N2O5S.ClH/c1-22-15(19)10-6-12(8-13(7-10)23(2,20)21)17-14(18)9-3-4-11(16)5-9;/h6-9,11H,3-5,16H2,1-2H3,(H,17,18);1H. The zero-order valence-electron chi connectivity index (χ0n) is 13.4. The minimum Gasteiger partial charge on any atom is -0.465 e. The Kier molecular flexibility index (Phi) is 6.76. The van der Waals surface area contributed by atoms with Gasteiger partial charge in [0.25, 0.3) is 0 Å². The van der Waals surface area contributed by atoms with E-state index in [9.17, 15) is 18.0 Å². The Bertz CT molecular complexity index is 735. The number of nitrogens with two attached hydrogens (primary N) is 1. The Labute approximate surface area is 147 Å². The molecule has 1 aliphatic carbocycles. The van der Waals surface area contributed by atoms with Crippen molar-refractivity contribution in [2.75, 3.05) is 18.7 Å². The summed E-state index contributed by atoms with van der Waals surface area (Å²) in [6.07, 6.45) is 3.12. The molecule has 7 nitrogen and oxygen atoms in total. The van der Waals surface area contributed by atoms with Crippen LogP contribution in [0.2, 0.25) is 0 Å². The second-order valence-corrected chi connectivity index (χ2v) is 7.78.